The smallest absolute Gasteiger partial charge is 0.411 e. The average Bonchev–Trinajstić information content (AvgIpc) is 3.35. The Balaban J connectivity index is 0.000000686. The van der Waals surface area contributed by atoms with Gasteiger partial charge in [-0.3, -0.25) is 14.5 Å². The molecule has 2 saturated heterocycles. The maximum Gasteiger partial charge on any atom is 0.411 e. The minimum absolute atomic E-state index is 0. The zero-order valence-corrected chi connectivity index (χ0v) is 22.6. The van der Waals surface area contributed by atoms with E-state index in [2.05, 4.69) is 19.5 Å². The van der Waals surface area contributed by atoms with Crippen LogP contribution >= 0.6 is 0 Å². The second-order valence-electron chi connectivity index (χ2n) is 10.4. The summed E-state index contributed by atoms with van der Waals surface area (Å²) in [5.74, 6) is -0.995. The fraction of sp³-hybridized carbons (Fsp3) is 0.818. The molecule has 2 aliphatic heterocycles. The predicted octanol–water partition coefficient (Wildman–Crippen LogP) is 2.50. The summed E-state index contributed by atoms with van der Waals surface area (Å²) in [6.07, 6.45) is -0.485. The van der Waals surface area contributed by atoms with Crippen LogP contribution in [0.25, 0.3) is 10.4 Å². The van der Waals surface area contributed by atoms with Crippen molar-refractivity contribution in [2.45, 2.75) is 89.8 Å². The van der Waals surface area contributed by atoms with Crippen molar-refractivity contribution in [1.82, 2.24) is 9.80 Å². The van der Waals surface area contributed by atoms with Gasteiger partial charge in [0.05, 0.1) is 20.3 Å². The standard InChI is InChI=1S/C11H18N4O4.C11H20N2O4.FH/c1-11(2,3)19-10(17)15-6-7(13-14-12)5-8(15)9(16)18-4;1-11(2,3)17-10(15)13-6-7(12)5-8(13)9(14)16-4;/h7-8H,5-6H2,1-4H3;7-8H,5-6,12H2,1-4H3;1H/t2*7-,8+;/m11./s1. The Morgan fingerprint density at radius 1 is 0.838 bits per heavy atom. The van der Waals surface area contributed by atoms with E-state index in [4.69, 9.17) is 20.7 Å². The minimum atomic E-state index is -0.768. The molecule has 2 heterocycles. The lowest BCUT2D eigenvalue weighted by Gasteiger charge is -2.27. The van der Waals surface area contributed by atoms with Gasteiger partial charge in [0.1, 0.15) is 23.3 Å². The number of carbonyl (C=O) groups is 4. The topological polar surface area (TPSA) is 186 Å². The van der Waals surface area contributed by atoms with E-state index in [9.17, 15) is 19.2 Å². The van der Waals surface area contributed by atoms with Crippen molar-refractivity contribution in [1.29, 1.82) is 0 Å². The molecule has 4 atom stereocenters. The molecule has 15 heteroatoms. The van der Waals surface area contributed by atoms with Crippen molar-refractivity contribution < 1.29 is 42.8 Å². The lowest BCUT2D eigenvalue weighted by atomic mass is 10.2. The molecule has 0 saturated carbocycles. The van der Waals surface area contributed by atoms with Gasteiger partial charge in [-0.1, -0.05) is 5.11 Å². The summed E-state index contributed by atoms with van der Waals surface area (Å²) in [5, 5.41) is 3.54. The molecule has 0 radical (unpaired) electrons. The average molecular weight is 535 g/mol. The van der Waals surface area contributed by atoms with E-state index in [1.165, 1.54) is 24.0 Å². The van der Waals surface area contributed by atoms with E-state index in [0.717, 1.165) is 0 Å². The summed E-state index contributed by atoms with van der Waals surface area (Å²) < 4.78 is 19.7. The number of hydrogen-bond acceptors (Lipinski definition) is 10. The molecule has 14 nitrogen and oxygen atoms in total. The van der Waals surface area contributed by atoms with Crippen molar-refractivity contribution in [2.75, 3.05) is 27.3 Å². The molecule has 2 fully saturated rings. The van der Waals surface area contributed by atoms with E-state index in [0.29, 0.717) is 13.0 Å². The molecule has 2 aliphatic rings. The number of ether oxygens (including phenoxy) is 4. The van der Waals surface area contributed by atoms with Gasteiger partial charge < -0.3 is 24.7 Å². The minimum Gasteiger partial charge on any atom is -0.467 e. The van der Waals surface area contributed by atoms with Gasteiger partial charge in [0.15, 0.2) is 0 Å². The van der Waals surface area contributed by atoms with Crippen molar-refractivity contribution in [2.24, 2.45) is 10.8 Å². The summed E-state index contributed by atoms with van der Waals surface area (Å²) >= 11 is 0. The number of nitrogens with zero attached hydrogens (tertiary/aromatic N) is 5. The number of amides is 2. The molecule has 0 aromatic carbocycles. The van der Waals surface area contributed by atoms with Gasteiger partial charge in [-0.2, -0.15) is 0 Å². The van der Waals surface area contributed by atoms with Crippen LogP contribution in [-0.2, 0) is 28.5 Å². The molecule has 0 unspecified atom stereocenters. The first kappa shape index (κ1) is 33.7. The number of likely N-dealkylation sites (tertiary alicyclic amines) is 2. The first-order valence-electron chi connectivity index (χ1n) is 11.5. The van der Waals surface area contributed by atoms with Gasteiger partial charge in [0, 0.05) is 24.0 Å². The predicted molar refractivity (Wildman–Crippen MR) is 130 cm³/mol. The fourth-order valence-corrected chi connectivity index (χ4v) is 3.60. The highest BCUT2D eigenvalue weighted by molar-refractivity contribution is 5.83. The summed E-state index contributed by atoms with van der Waals surface area (Å²) in [5.41, 5.74) is 12.9. The quantitative estimate of drug-likeness (QED) is 0.187. The lowest BCUT2D eigenvalue weighted by molar-refractivity contribution is -0.146. The second kappa shape index (κ2) is 13.8. The Morgan fingerprint density at radius 3 is 1.62 bits per heavy atom. The number of azide groups is 1. The molecule has 0 bridgehead atoms. The van der Waals surface area contributed by atoms with Gasteiger partial charge in [0.25, 0.3) is 0 Å². The molecule has 2 amide bonds. The monoisotopic (exact) mass is 534 g/mol. The van der Waals surface area contributed by atoms with Gasteiger partial charge in [-0.05, 0) is 59.9 Å². The maximum absolute atomic E-state index is 12.0. The molecular weight excluding hydrogens is 495 g/mol. The summed E-state index contributed by atoms with van der Waals surface area (Å²) in [6.45, 7) is 11.0. The van der Waals surface area contributed by atoms with Crippen LogP contribution in [0.4, 0.5) is 14.3 Å². The van der Waals surface area contributed by atoms with Crippen LogP contribution in [-0.4, -0.2) is 96.6 Å². The third-order valence-corrected chi connectivity index (χ3v) is 5.03. The van der Waals surface area contributed by atoms with Crippen LogP contribution in [0.5, 0.6) is 0 Å². The second-order valence-corrected chi connectivity index (χ2v) is 10.4. The molecule has 0 aromatic rings. The number of carbonyl (C=O) groups excluding carboxylic acids is 4. The largest absolute Gasteiger partial charge is 0.467 e. The van der Waals surface area contributed by atoms with Crippen molar-refractivity contribution in [3.63, 3.8) is 0 Å². The van der Waals surface area contributed by atoms with Crippen LogP contribution in [0.1, 0.15) is 54.4 Å². The molecule has 0 spiro atoms. The number of esters is 2. The molecule has 0 aliphatic carbocycles. The van der Waals surface area contributed by atoms with Gasteiger partial charge in [0.2, 0.25) is 0 Å². The molecule has 2 N–H and O–H groups in total. The Labute approximate surface area is 215 Å². The lowest BCUT2D eigenvalue weighted by Crippen LogP contribution is -2.44. The van der Waals surface area contributed by atoms with Crippen molar-refractivity contribution in [3.05, 3.63) is 10.4 Å². The molecule has 0 aromatic heterocycles. The van der Waals surface area contributed by atoms with Crippen LogP contribution in [0, 0.1) is 0 Å². The molecular formula is C22H39FN6O8. The zero-order chi connectivity index (χ0) is 27.8. The normalized spacial score (nSPS) is 22.9. The van der Waals surface area contributed by atoms with E-state index >= 15 is 0 Å². The van der Waals surface area contributed by atoms with Crippen molar-refractivity contribution in [3.8, 4) is 0 Å². The van der Waals surface area contributed by atoms with Crippen LogP contribution in [0.2, 0.25) is 0 Å². The Morgan fingerprint density at radius 2 is 1.24 bits per heavy atom. The Hall–Kier alpha value is -3.32. The third kappa shape index (κ3) is 10.7. The van der Waals surface area contributed by atoms with Crippen LogP contribution in [0.15, 0.2) is 5.11 Å². The molecule has 37 heavy (non-hydrogen) atoms. The first-order valence-corrected chi connectivity index (χ1v) is 11.5. The highest BCUT2D eigenvalue weighted by Crippen LogP contribution is 2.24. The van der Waals surface area contributed by atoms with Gasteiger partial charge >= 0.3 is 24.1 Å². The van der Waals surface area contributed by atoms with Gasteiger partial charge in [-0.15, -0.1) is 0 Å². The van der Waals surface area contributed by atoms with E-state index in [1.807, 2.05) is 0 Å². The third-order valence-electron chi connectivity index (χ3n) is 5.03. The fourth-order valence-electron chi connectivity index (χ4n) is 3.60. The Bertz CT molecular complexity index is 868. The first-order chi connectivity index (χ1) is 16.5. The van der Waals surface area contributed by atoms with Crippen LogP contribution < -0.4 is 5.73 Å². The van der Waals surface area contributed by atoms with E-state index in [-0.39, 0.29) is 23.7 Å². The summed E-state index contributed by atoms with van der Waals surface area (Å²) in [6, 6.07) is -2.06. The number of methoxy groups -OCH3 is 2. The number of halogens is 1. The highest BCUT2D eigenvalue weighted by atomic mass is 19.0. The van der Waals surface area contributed by atoms with E-state index in [1.54, 1.807) is 41.5 Å². The zero-order valence-electron chi connectivity index (χ0n) is 22.6. The Kier molecular flexibility index (Phi) is 12.6. The highest BCUT2D eigenvalue weighted by Gasteiger charge is 2.42. The number of hydrogen-bond donors (Lipinski definition) is 1. The molecule has 212 valence electrons. The van der Waals surface area contributed by atoms with Crippen LogP contribution in [0.3, 0.4) is 0 Å². The summed E-state index contributed by atoms with van der Waals surface area (Å²) in [4.78, 5) is 52.3. The number of nitrogens with two attached hydrogens (primary N) is 1. The molecule has 2 rings (SSSR count). The van der Waals surface area contributed by atoms with Gasteiger partial charge in [-0.25, -0.2) is 19.2 Å². The number of rotatable bonds is 3. The SMILES string of the molecule is COC(=O)[C@@H]1C[C@@H](N)CN1C(=O)OC(C)(C)C.COC(=O)[C@@H]1C[C@@H](N=[N+]=[N-])CN1C(=O)OC(C)(C)C.F. The maximum atomic E-state index is 12.0. The van der Waals surface area contributed by atoms with E-state index < -0.39 is 53.5 Å². The van der Waals surface area contributed by atoms with Crippen molar-refractivity contribution >= 4 is 24.1 Å². The summed E-state index contributed by atoms with van der Waals surface area (Å²) in [7, 11) is 2.54.